The van der Waals surface area contributed by atoms with Gasteiger partial charge in [0.05, 0.1) is 19.1 Å². The summed E-state index contributed by atoms with van der Waals surface area (Å²) in [5, 5.41) is 11.8. The number of hydrogen-bond donors (Lipinski definition) is 2. The topological polar surface area (TPSA) is 105 Å². The first-order valence-corrected chi connectivity index (χ1v) is 13.2. The van der Waals surface area contributed by atoms with E-state index in [4.69, 9.17) is 14.6 Å². The molecule has 2 amide bonds. The lowest BCUT2D eigenvalue weighted by molar-refractivity contribution is -0.140. The molecule has 0 aromatic heterocycles. The molecule has 0 radical (unpaired) electrons. The maximum absolute atomic E-state index is 13.4. The van der Waals surface area contributed by atoms with Crippen molar-refractivity contribution in [1.29, 1.82) is 0 Å². The fraction of sp³-hybridized carbons (Fsp3) is 0.323. The number of carboxylic acids is 1. The molecule has 204 valence electrons. The molecular formula is C31H34N2O6. The fourth-order valence-electron chi connectivity index (χ4n) is 4.90. The summed E-state index contributed by atoms with van der Waals surface area (Å²) in [6.07, 6.45) is -1.63. The van der Waals surface area contributed by atoms with E-state index in [1.807, 2.05) is 66.7 Å². The summed E-state index contributed by atoms with van der Waals surface area (Å²) in [6, 6.07) is 24.6. The molecule has 3 aromatic rings. The van der Waals surface area contributed by atoms with Crippen LogP contribution in [0.15, 0.2) is 78.9 Å². The maximum atomic E-state index is 13.4. The van der Waals surface area contributed by atoms with Crippen molar-refractivity contribution < 1.29 is 29.0 Å². The van der Waals surface area contributed by atoms with Crippen LogP contribution in [0.2, 0.25) is 0 Å². The second-order valence-corrected chi connectivity index (χ2v) is 9.51. The number of carboxylic acid groups (broad SMARTS) is 1. The number of likely N-dealkylation sites (N-methyl/N-ethyl adjacent to an activating group) is 1. The number of fused-ring (bicyclic) bond motifs is 3. The van der Waals surface area contributed by atoms with Gasteiger partial charge in [0.25, 0.3) is 0 Å². The van der Waals surface area contributed by atoms with E-state index in [1.165, 1.54) is 4.90 Å². The molecule has 0 saturated carbocycles. The highest BCUT2D eigenvalue weighted by atomic mass is 16.5. The highest BCUT2D eigenvalue weighted by molar-refractivity contribution is 5.86. The van der Waals surface area contributed by atoms with E-state index in [2.05, 4.69) is 17.4 Å². The highest BCUT2D eigenvalue weighted by Gasteiger charge is 2.33. The number of ether oxygens (including phenoxy) is 2. The normalized spacial score (nSPS) is 13.6. The molecule has 0 unspecified atom stereocenters. The number of rotatable bonds is 12. The number of aliphatic carboxylic acids is 1. The van der Waals surface area contributed by atoms with Crippen LogP contribution in [0, 0.1) is 0 Å². The smallest absolute Gasteiger partial charge is 0.407 e. The van der Waals surface area contributed by atoms with Gasteiger partial charge >= 0.3 is 12.1 Å². The Bertz CT molecular complexity index is 1250. The predicted octanol–water partition coefficient (Wildman–Crippen LogP) is 4.82. The van der Waals surface area contributed by atoms with Gasteiger partial charge in [0, 0.05) is 19.0 Å². The molecule has 1 aliphatic rings. The van der Waals surface area contributed by atoms with Crippen LogP contribution < -0.4 is 5.32 Å². The third kappa shape index (κ3) is 6.83. The Kier molecular flexibility index (Phi) is 9.33. The van der Waals surface area contributed by atoms with Gasteiger partial charge in [0.2, 0.25) is 5.91 Å². The van der Waals surface area contributed by atoms with Crippen molar-refractivity contribution >= 4 is 18.0 Å². The van der Waals surface area contributed by atoms with Crippen molar-refractivity contribution in [3.8, 4) is 11.1 Å². The molecule has 0 fully saturated rings. The second kappa shape index (κ2) is 13.1. The van der Waals surface area contributed by atoms with Crippen LogP contribution in [0.25, 0.3) is 11.1 Å². The average molecular weight is 531 g/mol. The van der Waals surface area contributed by atoms with Crippen LogP contribution in [0.4, 0.5) is 4.79 Å². The minimum atomic E-state index is -1.06. The van der Waals surface area contributed by atoms with Crippen molar-refractivity contribution in [2.45, 2.75) is 44.9 Å². The van der Waals surface area contributed by atoms with Gasteiger partial charge in [-0.05, 0) is 41.7 Å². The van der Waals surface area contributed by atoms with Crippen molar-refractivity contribution in [2.75, 3.05) is 19.7 Å². The molecule has 4 rings (SSSR count). The lowest BCUT2D eigenvalue weighted by atomic mass is 9.98. The first-order chi connectivity index (χ1) is 18.9. The summed E-state index contributed by atoms with van der Waals surface area (Å²) in [6.45, 7) is 4.15. The van der Waals surface area contributed by atoms with E-state index in [0.29, 0.717) is 6.54 Å². The Morgan fingerprint density at radius 1 is 0.923 bits per heavy atom. The standard InChI is InChI=1S/C31H34N2O6/c1-3-33(18-17-28(34)35)30(36)29(21(2)38-19-22-11-5-4-6-12-22)32-31(37)39-20-27-25-15-9-7-13-23(25)24-14-8-10-16-26(24)27/h4-16,21,27,29H,3,17-20H2,1-2H3,(H,32,37)(H,34,35)/t21-,29+/m0/s1. The van der Waals surface area contributed by atoms with Gasteiger partial charge in [-0.1, -0.05) is 78.9 Å². The molecule has 8 nitrogen and oxygen atoms in total. The molecule has 2 N–H and O–H groups in total. The number of amides is 2. The summed E-state index contributed by atoms with van der Waals surface area (Å²) >= 11 is 0. The number of alkyl carbamates (subject to hydrolysis) is 1. The molecule has 0 bridgehead atoms. The quantitative estimate of drug-likeness (QED) is 0.348. The van der Waals surface area contributed by atoms with Crippen molar-refractivity contribution in [1.82, 2.24) is 10.2 Å². The van der Waals surface area contributed by atoms with Gasteiger partial charge in [-0.2, -0.15) is 0 Å². The van der Waals surface area contributed by atoms with Crippen LogP contribution in [-0.2, 0) is 25.7 Å². The van der Waals surface area contributed by atoms with Crippen molar-refractivity contribution in [3.05, 3.63) is 95.6 Å². The number of hydrogen-bond acceptors (Lipinski definition) is 5. The largest absolute Gasteiger partial charge is 0.481 e. The minimum absolute atomic E-state index is 0.0267. The Hall–Kier alpha value is -4.17. The van der Waals surface area contributed by atoms with E-state index in [1.54, 1.807) is 13.8 Å². The van der Waals surface area contributed by atoms with Gasteiger partial charge in [-0.3, -0.25) is 9.59 Å². The summed E-state index contributed by atoms with van der Waals surface area (Å²) < 4.78 is 11.6. The molecule has 8 heteroatoms. The van der Waals surface area contributed by atoms with Crippen molar-refractivity contribution in [3.63, 3.8) is 0 Å². The Morgan fingerprint density at radius 2 is 1.51 bits per heavy atom. The summed E-state index contributed by atoms with van der Waals surface area (Å²) in [5.74, 6) is -1.55. The maximum Gasteiger partial charge on any atom is 0.407 e. The predicted molar refractivity (Wildman–Crippen MR) is 147 cm³/mol. The molecule has 0 aliphatic heterocycles. The SMILES string of the molecule is CCN(CCC(=O)O)C(=O)[C@H](NC(=O)OCC1c2ccccc2-c2ccccc21)[C@H](C)OCc1ccccc1. The molecule has 1 aliphatic carbocycles. The van der Waals surface area contributed by atoms with Crippen molar-refractivity contribution in [2.24, 2.45) is 0 Å². The van der Waals surface area contributed by atoms with Gasteiger partial charge in [0.1, 0.15) is 12.6 Å². The number of carbonyl (C=O) groups excluding carboxylic acids is 2. The third-order valence-electron chi connectivity index (χ3n) is 7.00. The fourth-order valence-corrected chi connectivity index (χ4v) is 4.90. The molecule has 0 spiro atoms. The lowest BCUT2D eigenvalue weighted by Crippen LogP contribution is -2.54. The first kappa shape index (κ1) is 27.9. The van der Waals surface area contributed by atoms with E-state index < -0.39 is 30.1 Å². The van der Waals surface area contributed by atoms with Crippen LogP contribution in [-0.4, -0.2) is 59.8 Å². The van der Waals surface area contributed by atoms with Gasteiger partial charge in [0.15, 0.2) is 0 Å². The van der Waals surface area contributed by atoms with Crippen LogP contribution in [0.5, 0.6) is 0 Å². The number of nitrogens with zero attached hydrogens (tertiary/aromatic N) is 1. The van der Waals surface area contributed by atoms with Gasteiger partial charge < -0.3 is 24.8 Å². The highest BCUT2D eigenvalue weighted by Crippen LogP contribution is 2.44. The summed E-state index contributed by atoms with van der Waals surface area (Å²) in [7, 11) is 0. The minimum Gasteiger partial charge on any atom is -0.481 e. The van der Waals surface area contributed by atoms with E-state index >= 15 is 0 Å². The zero-order chi connectivity index (χ0) is 27.8. The molecule has 39 heavy (non-hydrogen) atoms. The van der Waals surface area contributed by atoms with E-state index in [0.717, 1.165) is 27.8 Å². The zero-order valence-electron chi connectivity index (χ0n) is 22.2. The number of nitrogens with one attached hydrogen (secondary N) is 1. The monoisotopic (exact) mass is 530 g/mol. The molecule has 2 atom stereocenters. The molecule has 0 heterocycles. The zero-order valence-corrected chi connectivity index (χ0v) is 22.2. The van der Waals surface area contributed by atoms with E-state index in [9.17, 15) is 14.4 Å². The number of carbonyl (C=O) groups is 3. The first-order valence-electron chi connectivity index (χ1n) is 13.2. The third-order valence-corrected chi connectivity index (χ3v) is 7.00. The van der Waals surface area contributed by atoms with Gasteiger partial charge in [-0.15, -0.1) is 0 Å². The average Bonchev–Trinajstić information content (AvgIpc) is 3.27. The van der Waals surface area contributed by atoms with E-state index in [-0.39, 0.29) is 32.1 Å². The number of benzene rings is 3. The van der Waals surface area contributed by atoms with Crippen LogP contribution >= 0.6 is 0 Å². The Balaban J connectivity index is 1.46. The summed E-state index contributed by atoms with van der Waals surface area (Å²) in [5.41, 5.74) is 5.34. The van der Waals surface area contributed by atoms with Crippen LogP contribution in [0.1, 0.15) is 42.9 Å². The Morgan fingerprint density at radius 3 is 2.10 bits per heavy atom. The molecule has 3 aromatic carbocycles. The summed E-state index contributed by atoms with van der Waals surface area (Å²) in [4.78, 5) is 39.0. The Labute approximate surface area is 228 Å². The molecular weight excluding hydrogens is 496 g/mol. The lowest BCUT2D eigenvalue weighted by Gasteiger charge is -2.30. The van der Waals surface area contributed by atoms with Gasteiger partial charge in [-0.25, -0.2) is 4.79 Å². The van der Waals surface area contributed by atoms with Crippen LogP contribution in [0.3, 0.4) is 0 Å². The molecule has 0 saturated heterocycles. The second-order valence-electron chi connectivity index (χ2n) is 9.51.